The molecule has 2 N–H and O–H groups in total. The van der Waals surface area contributed by atoms with Crippen LogP contribution >= 0.6 is 0 Å². The predicted octanol–water partition coefficient (Wildman–Crippen LogP) is 3.50. The van der Waals surface area contributed by atoms with E-state index < -0.39 is 11.7 Å². The third-order valence-corrected chi connectivity index (χ3v) is 3.81. The molecule has 138 valence electrons. The zero-order valence-electron chi connectivity index (χ0n) is 14.3. The van der Waals surface area contributed by atoms with Crippen molar-refractivity contribution in [1.82, 2.24) is 10.6 Å². The molecular weight excluding hydrogens is 331 g/mol. The Hall–Kier alpha value is -2.02. The second kappa shape index (κ2) is 9.46. The monoisotopic (exact) mass is 355 g/mol. The molecule has 1 aliphatic rings. The van der Waals surface area contributed by atoms with E-state index in [0.717, 1.165) is 38.1 Å². The highest BCUT2D eigenvalue weighted by atomic mass is 19.4. The number of alkyl halides is 3. The third kappa shape index (κ3) is 6.78. The lowest BCUT2D eigenvalue weighted by Crippen LogP contribution is -2.38. The minimum atomic E-state index is -4.33. The molecule has 0 atom stereocenters. The highest BCUT2D eigenvalue weighted by Crippen LogP contribution is 2.29. The third-order valence-electron chi connectivity index (χ3n) is 3.81. The molecule has 2 rings (SSSR count). The van der Waals surface area contributed by atoms with Gasteiger partial charge in [0, 0.05) is 13.1 Å². The Kier molecular flexibility index (Phi) is 7.31. The first-order chi connectivity index (χ1) is 12.0. The van der Waals surface area contributed by atoms with Gasteiger partial charge in [-0.05, 0) is 37.5 Å². The number of hydrogen-bond donors (Lipinski definition) is 2. The lowest BCUT2D eigenvalue weighted by molar-refractivity contribution is -0.137. The molecule has 25 heavy (non-hydrogen) atoms. The molecule has 1 heterocycles. The molecule has 0 saturated heterocycles. The van der Waals surface area contributed by atoms with Crippen molar-refractivity contribution in [2.45, 2.75) is 32.5 Å². The fraction of sp³-hybridized carbons (Fsp3) is 0.500. The maximum absolute atomic E-state index is 12.8. The Morgan fingerprint density at radius 3 is 2.80 bits per heavy atom. The van der Waals surface area contributed by atoms with Crippen molar-refractivity contribution in [3.8, 4) is 0 Å². The zero-order chi connectivity index (χ0) is 18.1. The smallest absolute Gasteiger partial charge is 0.377 e. The van der Waals surface area contributed by atoms with Crippen LogP contribution in [0.5, 0.6) is 0 Å². The molecule has 0 aliphatic carbocycles. The summed E-state index contributed by atoms with van der Waals surface area (Å²) in [5.74, 6) is 0.604. The van der Waals surface area contributed by atoms with Gasteiger partial charge in [0.05, 0.1) is 25.3 Å². The van der Waals surface area contributed by atoms with Crippen LogP contribution in [0.3, 0.4) is 0 Å². The van der Waals surface area contributed by atoms with E-state index in [1.807, 2.05) is 6.92 Å². The zero-order valence-corrected chi connectivity index (χ0v) is 14.3. The number of nitrogens with one attached hydrogen (secondary N) is 2. The van der Waals surface area contributed by atoms with Crippen LogP contribution in [0.4, 0.5) is 13.2 Å². The molecule has 1 aromatic carbocycles. The number of aliphatic imine (C=N–C) groups is 1. The SMILES string of the molecule is CCNC(=NCc1cccc(C(F)(F)F)c1)NCCC1=CCOCC1. The van der Waals surface area contributed by atoms with Crippen molar-refractivity contribution in [3.63, 3.8) is 0 Å². The summed E-state index contributed by atoms with van der Waals surface area (Å²) in [7, 11) is 0. The summed E-state index contributed by atoms with van der Waals surface area (Å²) in [6, 6.07) is 5.26. The van der Waals surface area contributed by atoms with Crippen molar-refractivity contribution < 1.29 is 17.9 Å². The number of benzene rings is 1. The molecule has 0 saturated carbocycles. The molecule has 7 heteroatoms. The lowest BCUT2D eigenvalue weighted by Gasteiger charge is -2.15. The van der Waals surface area contributed by atoms with Gasteiger partial charge in [0.2, 0.25) is 0 Å². The molecule has 0 bridgehead atoms. The van der Waals surface area contributed by atoms with Crippen molar-refractivity contribution in [2.75, 3.05) is 26.3 Å². The quantitative estimate of drug-likeness (QED) is 0.466. The van der Waals surface area contributed by atoms with E-state index in [1.165, 1.54) is 11.6 Å². The van der Waals surface area contributed by atoms with Crippen molar-refractivity contribution in [3.05, 3.63) is 47.0 Å². The normalized spacial score (nSPS) is 15.7. The first-order valence-corrected chi connectivity index (χ1v) is 8.43. The average Bonchev–Trinajstić information content (AvgIpc) is 2.60. The molecule has 0 fully saturated rings. The second-order valence-electron chi connectivity index (χ2n) is 5.76. The average molecular weight is 355 g/mol. The first kappa shape index (κ1) is 19.3. The van der Waals surface area contributed by atoms with Crippen LogP contribution in [0.15, 0.2) is 40.9 Å². The van der Waals surface area contributed by atoms with E-state index in [9.17, 15) is 13.2 Å². The lowest BCUT2D eigenvalue weighted by atomic mass is 10.1. The molecule has 1 aromatic rings. The predicted molar refractivity (Wildman–Crippen MR) is 92.4 cm³/mol. The summed E-state index contributed by atoms with van der Waals surface area (Å²) < 4.78 is 43.5. The molecular formula is C18H24F3N3O. The Balaban J connectivity index is 1.91. The maximum atomic E-state index is 12.8. The van der Waals surface area contributed by atoms with E-state index in [1.54, 1.807) is 6.07 Å². The number of rotatable bonds is 6. The maximum Gasteiger partial charge on any atom is 0.416 e. The van der Waals surface area contributed by atoms with Crippen LogP contribution < -0.4 is 10.6 Å². The van der Waals surface area contributed by atoms with Crippen LogP contribution in [-0.4, -0.2) is 32.3 Å². The van der Waals surface area contributed by atoms with Gasteiger partial charge in [-0.1, -0.05) is 23.8 Å². The summed E-state index contributed by atoms with van der Waals surface area (Å²) in [5, 5.41) is 6.33. The van der Waals surface area contributed by atoms with Gasteiger partial charge in [-0.25, -0.2) is 4.99 Å². The Labute approximate surface area is 146 Å². The van der Waals surface area contributed by atoms with Gasteiger partial charge >= 0.3 is 6.18 Å². The van der Waals surface area contributed by atoms with E-state index in [0.29, 0.717) is 24.7 Å². The fourth-order valence-corrected chi connectivity index (χ4v) is 2.49. The summed E-state index contributed by atoms with van der Waals surface area (Å²) in [5.41, 5.74) is 1.23. The van der Waals surface area contributed by atoms with Gasteiger partial charge in [0.15, 0.2) is 5.96 Å². The van der Waals surface area contributed by atoms with Gasteiger partial charge in [-0.15, -0.1) is 0 Å². The van der Waals surface area contributed by atoms with Gasteiger partial charge in [0.25, 0.3) is 0 Å². The molecule has 1 aliphatic heterocycles. The number of halogens is 3. The van der Waals surface area contributed by atoms with Gasteiger partial charge in [-0.3, -0.25) is 0 Å². The molecule has 0 amide bonds. The van der Waals surface area contributed by atoms with E-state index >= 15 is 0 Å². The molecule has 0 radical (unpaired) electrons. The van der Waals surface area contributed by atoms with E-state index in [-0.39, 0.29) is 6.54 Å². The van der Waals surface area contributed by atoms with Crippen molar-refractivity contribution in [1.29, 1.82) is 0 Å². The van der Waals surface area contributed by atoms with Gasteiger partial charge < -0.3 is 15.4 Å². The van der Waals surface area contributed by atoms with Crippen molar-refractivity contribution in [2.24, 2.45) is 4.99 Å². The summed E-state index contributed by atoms with van der Waals surface area (Å²) in [4.78, 5) is 4.37. The largest absolute Gasteiger partial charge is 0.416 e. The number of guanidine groups is 1. The summed E-state index contributed by atoms with van der Waals surface area (Å²) in [6.07, 6.45) is -0.394. The fourth-order valence-electron chi connectivity index (χ4n) is 2.49. The highest BCUT2D eigenvalue weighted by Gasteiger charge is 2.30. The van der Waals surface area contributed by atoms with E-state index in [4.69, 9.17) is 4.74 Å². The van der Waals surface area contributed by atoms with Crippen LogP contribution in [0, 0.1) is 0 Å². The van der Waals surface area contributed by atoms with Gasteiger partial charge in [-0.2, -0.15) is 13.2 Å². The number of ether oxygens (including phenoxy) is 1. The van der Waals surface area contributed by atoms with Crippen LogP contribution in [0.1, 0.15) is 30.9 Å². The van der Waals surface area contributed by atoms with Crippen molar-refractivity contribution >= 4 is 5.96 Å². The van der Waals surface area contributed by atoms with Gasteiger partial charge in [0.1, 0.15) is 0 Å². The molecule has 4 nitrogen and oxygen atoms in total. The summed E-state index contributed by atoms with van der Waals surface area (Å²) in [6.45, 7) is 4.97. The number of hydrogen-bond acceptors (Lipinski definition) is 2. The molecule has 0 aromatic heterocycles. The Morgan fingerprint density at radius 1 is 1.28 bits per heavy atom. The first-order valence-electron chi connectivity index (χ1n) is 8.43. The van der Waals surface area contributed by atoms with Crippen LogP contribution in [-0.2, 0) is 17.5 Å². The standard InChI is InChI=1S/C18H24F3N3O/c1-2-22-17(23-9-6-14-7-10-25-11-8-14)24-13-15-4-3-5-16(12-15)18(19,20)21/h3-5,7,12H,2,6,8-11,13H2,1H3,(H2,22,23,24). The summed E-state index contributed by atoms with van der Waals surface area (Å²) >= 11 is 0. The number of nitrogens with zero attached hydrogens (tertiary/aromatic N) is 1. The van der Waals surface area contributed by atoms with Crippen LogP contribution in [0.25, 0.3) is 0 Å². The Morgan fingerprint density at radius 2 is 2.12 bits per heavy atom. The minimum absolute atomic E-state index is 0.190. The second-order valence-corrected chi connectivity index (χ2v) is 5.76. The minimum Gasteiger partial charge on any atom is -0.377 e. The molecule has 0 unspecified atom stereocenters. The topological polar surface area (TPSA) is 45.7 Å². The van der Waals surface area contributed by atoms with E-state index in [2.05, 4.69) is 21.7 Å². The van der Waals surface area contributed by atoms with Crippen LogP contribution in [0.2, 0.25) is 0 Å². The molecule has 0 spiro atoms. The highest BCUT2D eigenvalue weighted by molar-refractivity contribution is 5.79. The Bertz CT molecular complexity index is 612.